The van der Waals surface area contributed by atoms with E-state index in [2.05, 4.69) is 18.0 Å². The van der Waals surface area contributed by atoms with Crippen LogP contribution in [0.3, 0.4) is 0 Å². The van der Waals surface area contributed by atoms with Crippen molar-refractivity contribution in [1.82, 2.24) is 4.98 Å². The van der Waals surface area contributed by atoms with E-state index < -0.39 is 9.84 Å². The lowest BCUT2D eigenvalue weighted by Crippen LogP contribution is -2.30. The molecule has 0 radical (unpaired) electrons. The van der Waals surface area contributed by atoms with Crippen LogP contribution in [0.4, 0.5) is 5.13 Å². The van der Waals surface area contributed by atoms with Crippen molar-refractivity contribution < 1.29 is 17.6 Å². The first kappa shape index (κ1) is 20.3. The second-order valence-electron chi connectivity index (χ2n) is 6.92. The summed E-state index contributed by atoms with van der Waals surface area (Å²) in [6.45, 7) is 2.32. The fourth-order valence-corrected chi connectivity index (χ4v) is 4.73. The number of fused-ring (bicyclic) bond motifs is 1. The quantitative estimate of drug-likeness (QED) is 0.434. The van der Waals surface area contributed by atoms with Crippen molar-refractivity contribution >= 4 is 42.4 Å². The number of carbonyl (C=O) groups is 1. The van der Waals surface area contributed by atoms with Gasteiger partial charge in [0, 0.05) is 11.8 Å². The Morgan fingerprint density at radius 2 is 1.90 bits per heavy atom. The number of benzene rings is 2. The topological polar surface area (TPSA) is 80.5 Å². The molecular weight excluding hydrogens is 420 g/mol. The summed E-state index contributed by atoms with van der Waals surface area (Å²) in [5.41, 5.74) is 2.41. The van der Waals surface area contributed by atoms with Crippen LogP contribution in [0.2, 0.25) is 0 Å². The maximum Gasteiger partial charge on any atom is 0.260 e. The second kappa shape index (κ2) is 8.04. The van der Waals surface area contributed by atoms with Crippen LogP contribution in [0.25, 0.3) is 10.2 Å². The van der Waals surface area contributed by atoms with Gasteiger partial charge in [-0.2, -0.15) is 0 Å². The summed E-state index contributed by atoms with van der Waals surface area (Å²) in [6.07, 6.45) is 3.62. The molecule has 0 saturated carbocycles. The number of carbonyl (C=O) groups excluding carboxylic acids is 1. The zero-order valence-electron chi connectivity index (χ0n) is 16.5. The third kappa shape index (κ3) is 4.15. The SMILES string of the molecule is CCc1ccc2nc(N(Cc3ccco3)C(=O)c3ccc(S(C)(=O)=O)cc3)sc2c1. The van der Waals surface area contributed by atoms with Crippen molar-refractivity contribution in [3.63, 3.8) is 0 Å². The molecule has 2 aromatic heterocycles. The van der Waals surface area contributed by atoms with Gasteiger partial charge in [-0.3, -0.25) is 9.69 Å². The van der Waals surface area contributed by atoms with Crippen molar-refractivity contribution in [2.75, 3.05) is 11.2 Å². The normalized spacial score (nSPS) is 11.7. The van der Waals surface area contributed by atoms with Crippen LogP contribution in [0, 0.1) is 0 Å². The molecule has 2 aromatic carbocycles. The number of amides is 1. The standard InChI is InChI=1S/C22H20N2O4S2/c1-3-15-6-11-19-20(13-15)29-22(23-19)24(14-17-5-4-12-28-17)21(25)16-7-9-18(10-8-16)30(2,26)27/h4-13H,3,14H2,1-2H3. The lowest BCUT2D eigenvalue weighted by Gasteiger charge is -2.19. The number of nitrogens with zero attached hydrogens (tertiary/aromatic N) is 2. The van der Waals surface area contributed by atoms with Gasteiger partial charge in [-0.05, 0) is 60.5 Å². The van der Waals surface area contributed by atoms with Crippen LogP contribution < -0.4 is 4.90 Å². The molecule has 30 heavy (non-hydrogen) atoms. The molecular formula is C22H20N2O4S2. The molecule has 0 aliphatic rings. The molecule has 0 aliphatic carbocycles. The van der Waals surface area contributed by atoms with Crippen molar-refractivity contribution in [3.05, 3.63) is 77.7 Å². The molecule has 6 nitrogen and oxygen atoms in total. The van der Waals surface area contributed by atoms with E-state index >= 15 is 0 Å². The smallest absolute Gasteiger partial charge is 0.260 e. The number of aryl methyl sites for hydroxylation is 1. The van der Waals surface area contributed by atoms with Crippen molar-refractivity contribution in [3.8, 4) is 0 Å². The number of rotatable bonds is 6. The maximum atomic E-state index is 13.3. The van der Waals surface area contributed by atoms with Gasteiger partial charge in [0.05, 0.1) is 27.9 Å². The first-order valence-corrected chi connectivity index (χ1v) is 12.1. The average Bonchev–Trinajstić information content (AvgIpc) is 3.39. The molecule has 2 heterocycles. The Kier molecular flexibility index (Phi) is 5.44. The van der Waals surface area contributed by atoms with E-state index in [1.165, 1.54) is 41.2 Å². The lowest BCUT2D eigenvalue weighted by molar-refractivity contribution is 0.0983. The van der Waals surface area contributed by atoms with Crippen molar-refractivity contribution in [2.45, 2.75) is 24.8 Å². The molecule has 0 N–H and O–H groups in total. The fraction of sp³-hybridized carbons (Fsp3) is 0.182. The molecule has 4 aromatic rings. The third-order valence-electron chi connectivity index (χ3n) is 4.75. The predicted octanol–water partition coefficient (Wildman–Crippen LogP) is 4.70. The van der Waals surface area contributed by atoms with E-state index in [-0.39, 0.29) is 17.3 Å². The Morgan fingerprint density at radius 1 is 1.13 bits per heavy atom. The molecule has 0 spiro atoms. The van der Waals surface area contributed by atoms with Crippen LogP contribution in [-0.2, 0) is 22.8 Å². The maximum absolute atomic E-state index is 13.3. The first-order valence-electron chi connectivity index (χ1n) is 9.39. The van der Waals surface area contributed by atoms with Gasteiger partial charge in [0.25, 0.3) is 5.91 Å². The molecule has 0 bridgehead atoms. The van der Waals surface area contributed by atoms with Gasteiger partial charge in [0.2, 0.25) is 0 Å². The van der Waals surface area contributed by atoms with Gasteiger partial charge in [-0.25, -0.2) is 13.4 Å². The summed E-state index contributed by atoms with van der Waals surface area (Å²) in [6, 6.07) is 15.6. The Balaban J connectivity index is 1.73. The minimum absolute atomic E-state index is 0.170. The zero-order chi connectivity index (χ0) is 21.3. The Hall–Kier alpha value is -2.97. The molecule has 0 unspecified atom stereocenters. The van der Waals surface area contributed by atoms with Crippen LogP contribution in [0.1, 0.15) is 28.6 Å². The van der Waals surface area contributed by atoms with Crippen LogP contribution in [-0.4, -0.2) is 25.6 Å². The van der Waals surface area contributed by atoms with Gasteiger partial charge in [0.15, 0.2) is 15.0 Å². The molecule has 154 valence electrons. The van der Waals surface area contributed by atoms with Gasteiger partial charge >= 0.3 is 0 Å². The Labute approximate surface area is 178 Å². The predicted molar refractivity (Wildman–Crippen MR) is 118 cm³/mol. The summed E-state index contributed by atoms with van der Waals surface area (Å²) in [4.78, 5) is 19.7. The molecule has 4 rings (SSSR count). The summed E-state index contributed by atoms with van der Waals surface area (Å²) in [7, 11) is -3.33. The van der Waals surface area contributed by atoms with Crippen molar-refractivity contribution in [1.29, 1.82) is 0 Å². The van der Waals surface area contributed by atoms with Crippen molar-refractivity contribution in [2.24, 2.45) is 0 Å². The molecule has 8 heteroatoms. The molecule has 0 fully saturated rings. The van der Waals surface area contributed by atoms with E-state index in [0.29, 0.717) is 16.5 Å². The summed E-state index contributed by atoms with van der Waals surface area (Å²) >= 11 is 1.44. The number of sulfone groups is 1. The van der Waals surface area contributed by atoms with Gasteiger partial charge in [-0.1, -0.05) is 24.3 Å². The minimum Gasteiger partial charge on any atom is -0.467 e. The van der Waals surface area contributed by atoms with Crippen LogP contribution in [0.15, 0.2) is 70.2 Å². The highest BCUT2D eigenvalue weighted by Gasteiger charge is 2.23. The van der Waals surface area contributed by atoms with E-state index in [9.17, 15) is 13.2 Å². The molecule has 0 atom stereocenters. The highest BCUT2D eigenvalue weighted by molar-refractivity contribution is 7.90. The number of thiazole rings is 1. The molecule has 0 aliphatic heterocycles. The summed E-state index contributed by atoms with van der Waals surface area (Å²) < 4.78 is 29.9. The highest BCUT2D eigenvalue weighted by Crippen LogP contribution is 2.32. The number of furan rings is 1. The van der Waals surface area contributed by atoms with E-state index in [4.69, 9.17) is 4.42 Å². The fourth-order valence-electron chi connectivity index (χ4n) is 3.08. The summed E-state index contributed by atoms with van der Waals surface area (Å²) in [5, 5.41) is 0.562. The van der Waals surface area contributed by atoms with E-state index in [1.54, 1.807) is 23.3 Å². The van der Waals surface area contributed by atoms with E-state index in [0.717, 1.165) is 22.9 Å². The lowest BCUT2D eigenvalue weighted by atomic mass is 10.2. The number of hydrogen-bond acceptors (Lipinski definition) is 6. The Bertz CT molecular complexity index is 1290. The number of anilines is 1. The van der Waals surface area contributed by atoms with Gasteiger partial charge in [0.1, 0.15) is 5.76 Å². The highest BCUT2D eigenvalue weighted by atomic mass is 32.2. The monoisotopic (exact) mass is 440 g/mol. The van der Waals surface area contributed by atoms with Gasteiger partial charge < -0.3 is 4.42 Å². The second-order valence-corrected chi connectivity index (χ2v) is 9.94. The first-order chi connectivity index (χ1) is 14.3. The molecule has 1 amide bonds. The minimum atomic E-state index is -3.33. The summed E-state index contributed by atoms with van der Waals surface area (Å²) in [5.74, 6) is 0.353. The zero-order valence-corrected chi connectivity index (χ0v) is 18.2. The average molecular weight is 441 g/mol. The van der Waals surface area contributed by atoms with Crippen LogP contribution >= 0.6 is 11.3 Å². The third-order valence-corrected chi connectivity index (χ3v) is 6.92. The number of aromatic nitrogens is 1. The van der Waals surface area contributed by atoms with Crippen LogP contribution in [0.5, 0.6) is 0 Å². The van der Waals surface area contributed by atoms with E-state index in [1.807, 2.05) is 12.1 Å². The Morgan fingerprint density at radius 3 is 2.53 bits per heavy atom. The number of hydrogen-bond donors (Lipinski definition) is 0. The molecule has 0 saturated heterocycles. The van der Waals surface area contributed by atoms with Gasteiger partial charge in [-0.15, -0.1) is 0 Å². The largest absolute Gasteiger partial charge is 0.467 e.